The Kier molecular flexibility index (Phi) is 5.25. The molecule has 2 unspecified atom stereocenters. The van der Waals surface area contributed by atoms with E-state index in [0.717, 1.165) is 6.42 Å². The monoisotopic (exact) mass is 650 g/mol. The molecule has 3 aliphatic carbocycles. The SMILES string of the molecule is C1=CCC2C(=C1)c1cc(-c3cccc4c3sc3ccccc34)ccc1C21c2cccc3c4ccc(-c5ccccc5)cc4c4cccc1c4c23. The van der Waals surface area contributed by atoms with Gasteiger partial charge in [0.1, 0.15) is 0 Å². The van der Waals surface area contributed by atoms with Gasteiger partial charge in [0.05, 0.1) is 5.41 Å². The van der Waals surface area contributed by atoms with Crippen LogP contribution >= 0.6 is 11.3 Å². The molecule has 0 nitrogen and oxygen atoms in total. The summed E-state index contributed by atoms with van der Waals surface area (Å²) in [6.07, 6.45) is 8.13. The van der Waals surface area contributed by atoms with E-state index in [-0.39, 0.29) is 5.41 Å². The summed E-state index contributed by atoms with van der Waals surface area (Å²) in [6, 6.07) is 55.3. The van der Waals surface area contributed by atoms with Crippen LogP contribution in [0.3, 0.4) is 0 Å². The van der Waals surface area contributed by atoms with Gasteiger partial charge >= 0.3 is 0 Å². The van der Waals surface area contributed by atoms with E-state index in [2.05, 4.69) is 164 Å². The average Bonchev–Trinajstić information content (AvgIpc) is 3.82. The minimum Gasteiger partial charge on any atom is -0.135 e. The van der Waals surface area contributed by atoms with Crippen LogP contribution in [-0.2, 0) is 5.41 Å². The summed E-state index contributed by atoms with van der Waals surface area (Å²) in [6.45, 7) is 0. The van der Waals surface area contributed by atoms with Gasteiger partial charge in [-0.1, -0.05) is 146 Å². The molecule has 1 spiro atoms. The molecular weight excluding hydrogens is 621 g/mol. The molecule has 0 amide bonds. The molecule has 0 bridgehead atoms. The number of hydrogen-bond acceptors (Lipinski definition) is 1. The van der Waals surface area contributed by atoms with Crippen LogP contribution in [0.5, 0.6) is 0 Å². The molecular formula is C49H30S. The van der Waals surface area contributed by atoms with Gasteiger partial charge < -0.3 is 0 Å². The van der Waals surface area contributed by atoms with Crippen LogP contribution in [0.1, 0.15) is 28.7 Å². The number of allylic oxidation sites excluding steroid dienone is 4. The van der Waals surface area contributed by atoms with Crippen molar-refractivity contribution in [2.45, 2.75) is 11.8 Å². The Hall–Kier alpha value is -5.76. The third-order valence-corrected chi connectivity index (χ3v) is 13.3. The van der Waals surface area contributed by atoms with Crippen LogP contribution in [0.15, 0.2) is 164 Å². The Bertz CT molecular complexity index is 3010. The van der Waals surface area contributed by atoms with Gasteiger partial charge in [-0.05, 0) is 107 Å². The molecule has 1 heteroatoms. The number of hydrogen-bond donors (Lipinski definition) is 0. The molecule has 0 fully saturated rings. The van der Waals surface area contributed by atoms with Crippen molar-refractivity contribution in [2.24, 2.45) is 5.92 Å². The highest BCUT2D eigenvalue weighted by Gasteiger charge is 2.55. The molecule has 8 aromatic carbocycles. The molecule has 9 aromatic rings. The molecule has 0 aliphatic heterocycles. The van der Waals surface area contributed by atoms with Crippen molar-refractivity contribution < 1.29 is 0 Å². The Morgan fingerprint density at radius 2 is 1.20 bits per heavy atom. The second-order valence-corrected chi connectivity index (χ2v) is 15.3. The van der Waals surface area contributed by atoms with E-state index >= 15 is 0 Å². The van der Waals surface area contributed by atoms with Gasteiger partial charge in [-0.25, -0.2) is 0 Å². The lowest BCUT2D eigenvalue weighted by Gasteiger charge is -2.36. The van der Waals surface area contributed by atoms with Gasteiger partial charge in [0.25, 0.3) is 0 Å². The topological polar surface area (TPSA) is 0 Å². The number of fused-ring (bicyclic) bond motifs is 13. The Morgan fingerprint density at radius 1 is 0.480 bits per heavy atom. The molecule has 0 radical (unpaired) electrons. The fourth-order valence-corrected chi connectivity index (χ4v) is 11.4. The quantitative estimate of drug-likeness (QED) is 0.163. The Morgan fingerprint density at radius 3 is 2.06 bits per heavy atom. The van der Waals surface area contributed by atoms with Crippen molar-refractivity contribution >= 4 is 69.4 Å². The Balaban J connectivity index is 1.15. The van der Waals surface area contributed by atoms with E-state index in [9.17, 15) is 0 Å². The van der Waals surface area contributed by atoms with E-state index in [1.165, 1.54) is 103 Å². The molecule has 50 heavy (non-hydrogen) atoms. The number of thiophene rings is 1. The second kappa shape index (κ2) is 9.69. The Labute approximate surface area is 294 Å². The van der Waals surface area contributed by atoms with Gasteiger partial charge in [-0.2, -0.15) is 0 Å². The van der Waals surface area contributed by atoms with E-state index in [1.807, 2.05) is 11.3 Å². The van der Waals surface area contributed by atoms with E-state index in [1.54, 1.807) is 0 Å². The van der Waals surface area contributed by atoms with Gasteiger partial charge in [-0.3, -0.25) is 0 Å². The molecule has 1 aromatic heterocycles. The van der Waals surface area contributed by atoms with Crippen molar-refractivity contribution in [3.8, 4) is 22.3 Å². The first-order valence-electron chi connectivity index (χ1n) is 17.7. The third-order valence-electron chi connectivity index (χ3n) is 12.1. The minimum atomic E-state index is -0.241. The normalized spacial score (nSPS) is 18.6. The van der Waals surface area contributed by atoms with Crippen LogP contribution in [-0.4, -0.2) is 0 Å². The maximum atomic E-state index is 2.52. The van der Waals surface area contributed by atoms with Gasteiger partial charge in [0.2, 0.25) is 0 Å². The van der Waals surface area contributed by atoms with Crippen LogP contribution in [0.25, 0.3) is 80.3 Å². The fraction of sp³-hybridized carbons (Fsp3) is 0.0612. The van der Waals surface area contributed by atoms with E-state index in [4.69, 9.17) is 0 Å². The highest BCUT2D eigenvalue weighted by molar-refractivity contribution is 7.26. The first-order chi connectivity index (χ1) is 24.8. The summed E-state index contributed by atoms with van der Waals surface area (Å²) in [5.41, 5.74) is 12.2. The van der Waals surface area contributed by atoms with Crippen molar-refractivity contribution in [2.75, 3.05) is 0 Å². The minimum absolute atomic E-state index is 0.241. The van der Waals surface area contributed by atoms with E-state index in [0.29, 0.717) is 5.92 Å². The summed E-state index contributed by atoms with van der Waals surface area (Å²) in [5, 5.41) is 11.0. The molecule has 0 N–H and O–H groups in total. The van der Waals surface area contributed by atoms with Gasteiger partial charge in [-0.15, -0.1) is 11.3 Å². The molecule has 3 aliphatic rings. The van der Waals surface area contributed by atoms with Crippen molar-refractivity contribution in [3.05, 3.63) is 186 Å². The zero-order valence-electron chi connectivity index (χ0n) is 27.3. The predicted octanol–water partition coefficient (Wildman–Crippen LogP) is 13.5. The highest BCUT2D eigenvalue weighted by Crippen LogP contribution is 2.65. The second-order valence-electron chi connectivity index (χ2n) is 14.3. The molecule has 2 atom stereocenters. The van der Waals surface area contributed by atoms with Gasteiger partial charge in [0, 0.05) is 26.1 Å². The summed E-state index contributed by atoms with van der Waals surface area (Å²) in [7, 11) is 0. The number of benzene rings is 8. The van der Waals surface area contributed by atoms with Crippen LogP contribution in [0, 0.1) is 5.92 Å². The summed E-state index contributed by atoms with van der Waals surface area (Å²) < 4.78 is 2.73. The lowest BCUT2D eigenvalue weighted by atomic mass is 9.65. The third kappa shape index (κ3) is 3.27. The van der Waals surface area contributed by atoms with Gasteiger partial charge in [0.15, 0.2) is 0 Å². The standard InChI is InChI=1S/C49H30S/c1-2-11-29(12-3-1)30-23-25-33-36-16-9-20-43-46(36)47-37(39(33)27-30)17-10-21-44(47)49(43)41-19-6-4-13-34(41)40-28-31(24-26-42(40)49)32-15-8-18-38-35-14-5-7-22-45(35)50-48(32)38/h1-18,20-28,41H,19H2. The summed E-state index contributed by atoms with van der Waals surface area (Å²) in [4.78, 5) is 0. The fourth-order valence-electron chi connectivity index (χ4n) is 10.1. The molecule has 232 valence electrons. The highest BCUT2D eigenvalue weighted by atomic mass is 32.1. The smallest absolute Gasteiger partial charge is 0.0541 e. The predicted molar refractivity (Wildman–Crippen MR) is 214 cm³/mol. The van der Waals surface area contributed by atoms with Crippen LogP contribution < -0.4 is 0 Å². The van der Waals surface area contributed by atoms with Crippen LogP contribution in [0.2, 0.25) is 0 Å². The van der Waals surface area contributed by atoms with E-state index < -0.39 is 0 Å². The first kappa shape index (κ1) is 27.1. The molecule has 12 rings (SSSR count). The summed E-state index contributed by atoms with van der Waals surface area (Å²) >= 11 is 1.92. The largest absolute Gasteiger partial charge is 0.135 e. The summed E-state index contributed by atoms with van der Waals surface area (Å²) in [5.74, 6) is 0.337. The number of rotatable bonds is 2. The van der Waals surface area contributed by atoms with Crippen molar-refractivity contribution in [3.63, 3.8) is 0 Å². The van der Waals surface area contributed by atoms with Crippen LogP contribution in [0.4, 0.5) is 0 Å². The zero-order chi connectivity index (χ0) is 32.6. The lowest BCUT2D eigenvalue weighted by molar-refractivity contribution is 0.496. The maximum Gasteiger partial charge on any atom is 0.0541 e. The average molecular weight is 651 g/mol. The zero-order valence-corrected chi connectivity index (χ0v) is 28.1. The molecule has 1 heterocycles. The first-order valence-corrected chi connectivity index (χ1v) is 18.5. The molecule has 0 saturated heterocycles. The van der Waals surface area contributed by atoms with Crippen molar-refractivity contribution in [1.29, 1.82) is 0 Å². The molecule has 0 saturated carbocycles. The lowest BCUT2D eigenvalue weighted by Crippen LogP contribution is -2.32. The maximum absolute atomic E-state index is 2.52. The van der Waals surface area contributed by atoms with Crippen molar-refractivity contribution in [1.82, 2.24) is 0 Å².